The van der Waals surface area contributed by atoms with E-state index in [0.717, 1.165) is 5.56 Å². The van der Waals surface area contributed by atoms with E-state index in [2.05, 4.69) is 5.32 Å². The number of benzene rings is 1. The Labute approximate surface area is 156 Å². The number of carbonyl (C=O) groups excluding carboxylic acids is 1. The first kappa shape index (κ1) is 21.4. The van der Waals surface area contributed by atoms with Gasteiger partial charge in [0.2, 0.25) is 0 Å². The van der Waals surface area contributed by atoms with E-state index >= 15 is 0 Å². The number of hydrogen-bond acceptors (Lipinski definition) is 5. The van der Waals surface area contributed by atoms with Gasteiger partial charge in [-0.1, -0.05) is 6.07 Å². The second kappa shape index (κ2) is 9.14. The smallest absolute Gasteiger partial charge is 0.263 e. The molecule has 1 aromatic rings. The molecule has 0 aromatic heterocycles. The summed E-state index contributed by atoms with van der Waals surface area (Å²) in [7, 11) is 3.13. The van der Waals surface area contributed by atoms with E-state index in [4.69, 9.17) is 9.47 Å². The van der Waals surface area contributed by atoms with E-state index in [9.17, 15) is 10.1 Å². The van der Waals surface area contributed by atoms with Crippen molar-refractivity contribution in [2.45, 2.75) is 46.2 Å². The van der Waals surface area contributed by atoms with Gasteiger partial charge in [0.15, 0.2) is 11.5 Å². The van der Waals surface area contributed by atoms with Gasteiger partial charge in [-0.25, -0.2) is 0 Å². The normalized spacial score (nSPS) is 12.8. The highest BCUT2D eigenvalue weighted by atomic mass is 16.5. The third-order valence-electron chi connectivity index (χ3n) is 4.11. The zero-order valence-corrected chi connectivity index (χ0v) is 16.7. The van der Waals surface area contributed by atoms with Gasteiger partial charge in [-0.05, 0) is 52.3 Å². The van der Waals surface area contributed by atoms with Crippen molar-refractivity contribution in [3.63, 3.8) is 0 Å². The van der Waals surface area contributed by atoms with Gasteiger partial charge < -0.3 is 19.7 Å². The maximum Gasteiger partial charge on any atom is 0.263 e. The summed E-state index contributed by atoms with van der Waals surface area (Å²) in [5, 5.41) is 12.3. The zero-order valence-electron chi connectivity index (χ0n) is 16.7. The summed E-state index contributed by atoms with van der Waals surface area (Å²) < 4.78 is 10.5. The highest BCUT2D eigenvalue weighted by Crippen LogP contribution is 2.30. The average molecular weight is 359 g/mol. The highest BCUT2D eigenvalue weighted by Gasteiger charge is 2.21. The molecule has 26 heavy (non-hydrogen) atoms. The largest absolute Gasteiger partial charge is 0.493 e. The van der Waals surface area contributed by atoms with Gasteiger partial charge >= 0.3 is 0 Å². The van der Waals surface area contributed by atoms with Crippen molar-refractivity contribution >= 4 is 5.91 Å². The Hall–Kier alpha value is -2.68. The highest BCUT2D eigenvalue weighted by molar-refractivity contribution is 5.97. The van der Waals surface area contributed by atoms with E-state index in [1.165, 1.54) is 0 Å². The molecule has 0 heterocycles. The standard InChI is InChI=1S/C20H29N3O3/c1-8-23(20(3,4)5)13-16(12-21)19(24)22-14(2)15-9-10-17(25-6)18(11-15)26-7/h9-11,13-14H,8H2,1-7H3,(H,22,24)/b16-13-. The van der Waals surface area contributed by atoms with Crippen molar-refractivity contribution in [3.8, 4) is 17.6 Å². The van der Waals surface area contributed by atoms with Crippen molar-refractivity contribution in [2.75, 3.05) is 20.8 Å². The number of nitrogens with zero attached hydrogens (tertiary/aromatic N) is 2. The van der Waals surface area contributed by atoms with Crippen LogP contribution in [0.25, 0.3) is 0 Å². The van der Waals surface area contributed by atoms with Gasteiger partial charge in [-0.3, -0.25) is 4.79 Å². The van der Waals surface area contributed by atoms with Crippen LogP contribution >= 0.6 is 0 Å². The Balaban J connectivity index is 2.99. The number of methoxy groups -OCH3 is 2. The van der Waals surface area contributed by atoms with Gasteiger partial charge in [0.05, 0.1) is 20.3 Å². The van der Waals surface area contributed by atoms with Crippen molar-refractivity contribution in [1.29, 1.82) is 5.26 Å². The van der Waals surface area contributed by atoms with E-state index in [-0.39, 0.29) is 17.2 Å². The Morgan fingerprint density at radius 1 is 1.31 bits per heavy atom. The molecular weight excluding hydrogens is 330 g/mol. The van der Waals surface area contributed by atoms with E-state index < -0.39 is 5.91 Å². The van der Waals surface area contributed by atoms with Gasteiger partial charge in [0.1, 0.15) is 11.6 Å². The third kappa shape index (κ3) is 5.41. The van der Waals surface area contributed by atoms with Crippen molar-refractivity contribution in [3.05, 3.63) is 35.5 Å². The van der Waals surface area contributed by atoms with Gasteiger partial charge in [-0.2, -0.15) is 5.26 Å². The first-order chi connectivity index (χ1) is 12.2. The molecule has 0 saturated heterocycles. The Morgan fingerprint density at radius 2 is 1.92 bits per heavy atom. The molecule has 1 amide bonds. The summed E-state index contributed by atoms with van der Waals surface area (Å²) in [6.45, 7) is 10.6. The predicted octanol–water partition coefficient (Wildman–Crippen LogP) is 3.41. The molecule has 0 radical (unpaired) electrons. The van der Waals surface area contributed by atoms with E-state index in [1.54, 1.807) is 26.5 Å². The summed E-state index contributed by atoms with van der Waals surface area (Å²) in [6.07, 6.45) is 1.62. The molecule has 0 fully saturated rings. The van der Waals surface area contributed by atoms with Crippen LogP contribution < -0.4 is 14.8 Å². The third-order valence-corrected chi connectivity index (χ3v) is 4.11. The Kier molecular flexibility index (Phi) is 7.51. The van der Waals surface area contributed by atoms with E-state index in [0.29, 0.717) is 18.0 Å². The van der Waals surface area contributed by atoms with Gasteiger partial charge in [-0.15, -0.1) is 0 Å². The van der Waals surface area contributed by atoms with Crippen LogP contribution in [-0.2, 0) is 4.79 Å². The van der Waals surface area contributed by atoms with Crippen molar-refractivity contribution < 1.29 is 14.3 Å². The molecule has 0 bridgehead atoms. The second-order valence-corrected chi connectivity index (χ2v) is 6.92. The average Bonchev–Trinajstić information content (AvgIpc) is 2.60. The molecule has 0 aliphatic heterocycles. The molecule has 0 aliphatic rings. The summed E-state index contributed by atoms with van der Waals surface area (Å²) in [5.41, 5.74) is 0.761. The maximum atomic E-state index is 12.5. The van der Waals surface area contributed by atoms with Gasteiger partial charge in [0.25, 0.3) is 5.91 Å². The van der Waals surface area contributed by atoms with Crippen LogP contribution in [0.3, 0.4) is 0 Å². The van der Waals surface area contributed by atoms with Crippen LogP contribution in [-0.4, -0.2) is 37.1 Å². The van der Waals surface area contributed by atoms with Crippen LogP contribution in [0.15, 0.2) is 30.0 Å². The monoisotopic (exact) mass is 359 g/mol. The lowest BCUT2D eigenvalue weighted by molar-refractivity contribution is -0.117. The number of rotatable bonds is 7. The molecule has 6 nitrogen and oxygen atoms in total. The number of nitriles is 1. The lowest BCUT2D eigenvalue weighted by atomic mass is 10.1. The molecule has 1 rings (SSSR count). The van der Waals surface area contributed by atoms with Crippen LogP contribution in [0.1, 0.15) is 46.2 Å². The molecular formula is C20H29N3O3. The molecule has 6 heteroatoms. The molecule has 1 atom stereocenters. The first-order valence-electron chi connectivity index (χ1n) is 8.59. The fourth-order valence-electron chi connectivity index (χ4n) is 2.53. The number of amides is 1. The zero-order chi connectivity index (χ0) is 19.9. The van der Waals surface area contributed by atoms with Crippen molar-refractivity contribution in [2.24, 2.45) is 0 Å². The fourth-order valence-corrected chi connectivity index (χ4v) is 2.53. The van der Waals surface area contributed by atoms with Crippen LogP contribution in [0.5, 0.6) is 11.5 Å². The summed E-state index contributed by atoms with van der Waals surface area (Å²) >= 11 is 0. The Morgan fingerprint density at radius 3 is 2.38 bits per heavy atom. The first-order valence-corrected chi connectivity index (χ1v) is 8.59. The van der Waals surface area contributed by atoms with Gasteiger partial charge in [0, 0.05) is 18.3 Å². The van der Waals surface area contributed by atoms with Crippen molar-refractivity contribution in [1.82, 2.24) is 10.2 Å². The maximum absolute atomic E-state index is 12.5. The topological polar surface area (TPSA) is 74.6 Å². The number of hydrogen-bond donors (Lipinski definition) is 1. The molecule has 1 unspecified atom stereocenters. The lowest BCUT2D eigenvalue weighted by Gasteiger charge is -2.34. The van der Waals surface area contributed by atoms with E-state index in [1.807, 2.05) is 57.7 Å². The summed E-state index contributed by atoms with van der Waals surface area (Å²) in [4.78, 5) is 14.5. The molecule has 142 valence electrons. The molecule has 1 aromatic carbocycles. The predicted molar refractivity (Wildman–Crippen MR) is 102 cm³/mol. The minimum Gasteiger partial charge on any atom is -0.493 e. The number of carbonyl (C=O) groups is 1. The van der Waals surface area contributed by atoms with Crippen LogP contribution in [0.2, 0.25) is 0 Å². The minimum absolute atomic E-state index is 0.0779. The molecule has 1 N–H and O–H groups in total. The Bertz CT molecular complexity index is 699. The fraction of sp³-hybridized carbons (Fsp3) is 0.500. The number of nitrogens with one attached hydrogen (secondary N) is 1. The van der Waals surface area contributed by atoms with Crippen LogP contribution in [0.4, 0.5) is 0 Å². The summed E-state index contributed by atoms with van der Waals surface area (Å²) in [6, 6.07) is 7.17. The minimum atomic E-state index is -0.405. The lowest BCUT2D eigenvalue weighted by Crippen LogP contribution is -2.38. The summed E-state index contributed by atoms with van der Waals surface area (Å²) in [5.74, 6) is 0.806. The number of ether oxygens (including phenoxy) is 2. The molecule has 0 saturated carbocycles. The second-order valence-electron chi connectivity index (χ2n) is 6.92. The molecule has 0 spiro atoms. The van der Waals surface area contributed by atoms with Crippen LogP contribution in [0, 0.1) is 11.3 Å². The molecule has 0 aliphatic carbocycles. The quantitative estimate of drug-likeness (QED) is 0.596. The SMILES string of the molecule is CCN(/C=C(/C#N)C(=O)NC(C)c1ccc(OC)c(OC)c1)C(C)(C)C.